The number of H-pyrrole nitrogens is 1. The Morgan fingerprint density at radius 3 is 2.84 bits per heavy atom. The number of esters is 1. The highest BCUT2D eigenvalue weighted by molar-refractivity contribution is 5.97. The zero-order chi connectivity index (χ0) is 18.2. The van der Waals surface area contributed by atoms with Gasteiger partial charge in [-0.1, -0.05) is 0 Å². The lowest BCUT2D eigenvalue weighted by molar-refractivity contribution is -0.142. The van der Waals surface area contributed by atoms with Gasteiger partial charge in [0.25, 0.3) is 5.91 Å². The van der Waals surface area contributed by atoms with Crippen molar-refractivity contribution in [3.05, 3.63) is 41.7 Å². The number of hydrogen-bond acceptors (Lipinski definition) is 6. The molecule has 0 fully saturated rings. The Bertz CT molecular complexity index is 780. The molecule has 0 bridgehead atoms. The van der Waals surface area contributed by atoms with Crippen molar-refractivity contribution in [1.82, 2.24) is 20.3 Å². The molecule has 8 nitrogen and oxygen atoms in total. The van der Waals surface area contributed by atoms with Crippen LogP contribution in [0.2, 0.25) is 0 Å². The molecule has 0 unspecified atom stereocenters. The van der Waals surface area contributed by atoms with Crippen LogP contribution in [-0.4, -0.2) is 46.6 Å². The number of aromatic nitrogens is 3. The van der Waals surface area contributed by atoms with Crippen LogP contribution < -0.4 is 10.1 Å². The maximum Gasteiger partial charge on any atom is 0.328 e. The maximum atomic E-state index is 12.5. The topological polar surface area (TPSA) is 106 Å². The lowest BCUT2D eigenvalue weighted by Gasteiger charge is -2.16. The Kier molecular flexibility index (Phi) is 6.12. The molecule has 0 aliphatic heterocycles. The molecule has 1 amide bonds. The van der Waals surface area contributed by atoms with Crippen molar-refractivity contribution in [2.24, 2.45) is 0 Å². The molecule has 2 aromatic rings. The van der Waals surface area contributed by atoms with Crippen LogP contribution in [0.1, 0.15) is 28.7 Å². The van der Waals surface area contributed by atoms with Gasteiger partial charge in [-0.25, -0.2) is 14.8 Å². The fourth-order valence-corrected chi connectivity index (χ4v) is 2.14. The Morgan fingerprint density at radius 1 is 1.44 bits per heavy atom. The minimum absolute atomic E-state index is 0.215. The van der Waals surface area contributed by atoms with Gasteiger partial charge in [-0.05, 0) is 18.9 Å². The third-order valence-corrected chi connectivity index (χ3v) is 3.32. The van der Waals surface area contributed by atoms with E-state index in [2.05, 4.69) is 26.2 Å². The summed E-state index contributed by atoms with van der Waals surface area (Å²) < 4.78 is 10.1. The second-order valence-electron chi connectivity index (χ2n) is 4.98. The Balaban J connectivity index is 2.18. The van der Waals surface area contributed by atoms with Crippen LogP contribution in [0.4, 0.5) is 0 Å². The summed E-state index contributed by atoms with van der Waals surface area (Å²) in [4.78, 5) is 35.2. The molecule has 0 radical (unpaired) electrons. The molecule has 8 heteroatoms. The number of terminal acetylenes is 1. The highest BCUT2D eigenvalue weighted by Crippen LogP contribution is 2.17. The summed E-state index contributed by atoms with van der Waals surface area (Å²) in [6.07, 6.45) is 9.96. The summed E-state index contributed by atoms with van der Waals surface area (Å²) in [5.74, 6) is 1.66. The van der Waals surface area contributed by atoms with Crippen LogP contribution in [-0.2, 0) is 16.0 Å². The smallest absolute Gasteiger partial charge is 0.328 e. The van der Waals surface area contributed by atoms with E-state index in [0.29, 0.717) is 23.7 Å². The molecule has 1 atom stereocenters. The number of carbonyl (C=O) groups is 2. The number of nitrogens with one attached hydrogen (secondary N) is 2. The van der Waals surface area contributed by atoms with E-state index in [1.165, 1.54) is 25.7 Å². The molecule has 0 saturated carbocycles. The highest BCUT2D eigenvalue weighted by Gasteiger charge is 2.24. The van der Waals surface area contributed by atoms with Crippen LogP contribution in [0, 0.1) is 12.3 Å². The molecule has 2 N–H and O–H groups in total. The number of methoxy groups -OCH3 is 1. The van der Waals surface area contributed by atoms with Crippen LogP contribution in [0.15, 0.2) is 24.8 Å². The standard InChI is InChI=1S/C17H18N4O4/c1-4-13-15(25-5-2)6-11(8-19-13)16(22)21-14(17(23)24-3)7-12-9-18-10-20-12/h1,6,8-10,14H,5,7H2,2-3H3,(H,18,20)(H,21,22)/t14-/m1/s1. The van der Waals surface area contributed by atoms with Crippen LogP contribution in [0.3, 0.4) is 0 Å². The number of pyridine rings is 1. The van der Waals surface area contributed by atoms with E-state index in [0.717, 1.165) is 0 Å². The van der Waals surface area contributed by atoms with Crippen LogP contribution in [0.25, 0.3) is 0 Å². The summed E-state index contributed by atoms with van der Waals surface area (Å²) in [7, 11) is 1.25. The van der Waals surface area contributed by atoms with Gasteiger partial charge in [0, 0.05) is 24.5 Å². The zero-order valence-corrected chi connectivity index (χ0v) is 13.9. The van der Waals surface area contributed by atoms with Crippen molar-refractivity contribution >= 4 is 11.9 Å². The molecule has 2 aromatic heterocycles. The molecule has 25 heavy (non-hydrogen) atoms. The summed E-state index contributed by atoms with van der Waals surface area (Å²) in [6.45, 7) is 2.18. The van der Waals surface area contributed by atoms with Crippen molar-refractivity contribution in [3.63, 3.8) is 0 Å². The van der Waals surface area contributed by atoms with Gasteiger partial charge in [-0.2, -0.15) is 0 Å². The summed E-state index contributed by atoms with van der Waals surface area (Å²) in [6, 6.07) is 0.617. The zero-order valence-electron chi connectivity index (χ0n) is 13.9. The fourth-order valence-electron chi connectivity index (χ4n) is 2.14. The SMILES string of the molecule is C#Cc1ncc(C(=O)N[C@H](Cc2cnc[nH]2)C(=O)OC)cc1OCC. The lowest BCUT2D eigenvalue weighted by Crippen LogP contribution is -2.43. The molecule has 2 heterocycles. The van der Waals surface area contributed by atoms with E-state index < -0.39 is 17.9 Å². The van der Waals surface area contributed by atoms with E-state index in [1.54, 1.807) is 13.1 Å². The molecule has 0 saturated heterocycles. The fraction of sp³-hybridized carbons (Fsp3) is 0.294. The summed E-state index contributed by atoms with van der Waals surface area (Å²) >= 11 is 0. The third-order valence-electron chi connectivity index (χ3n) is 3.32. The van der Waals surface area contributed by atoms with Gasteiger partial charge in [-0.3, -0.25) is 4.79 Å². The molecule has 0 spiro atoms. The first-order valence-corrected chi connectivity index (χ1v) is 7.54. The van der Waals surface area contributed by atoms with Crippen molar-refractivity contribution in [1.29, 1.82) is 0 Å². The first-order valence-electron chi connectivity index (χ1n) is 7.54. The Labute approximate surface area is 145 Å². The number of carbonyl (C=O) groups excluding carboxylic acids is 2. The number of rotatable bonds is 7. The Morgan fingerprint density at radius 2 is 2.24 bits per heavy atom. The average molecular weight is 342 g/mol. The number of nitrogens with zero attached hydrogens (tertiary/aromatic N) is 2. The number of ether oxygens (including phenoxy) is 2. The molecule has 0 aromatic carbocycles. The second kappa shape index (κ2) is 8.49. The predicted molar refractivity (Wildman–Crippen MR) is 88.9 cm³/mol. The van der Waals surface area contributed by atoms with Gasteiger partial charge >= 0.3 is 5.97 Å². The maximum absolute atomic E-state index is 12.5. The molecular weight excluding hydrogens is 324 g/mol. The van der Waals surface area contributed by atoms with Crippen molar-refractivity contribution in [3.8, 4) is 18.1 Å². The van der Waals surface area contributed by atoms with E-state index >= 15 is 0 Å². The summed E-state index contributed by atoms with van der Waals surface area (Å²) in [5.41, 5.74) is 1.22. The molecular formula is C17H18N4O4. The van der Waals surface area contributed by atoms with E-state index in [4.69, 9.17) is 15.9 Å². The van der Waals surface area contributed by atoms with Crippen LogP contribution in [0.5, 0.6) is 5.75 Å². The van der Waals surface area contributed by atoms with E-state index in [-0.39, 0.29) is 12.0 Å². The minimum Gasteiger partial charge on any atom is -0.491 e. The van der Waals surface area contributed by atoms with Crippen molar-refractivity contribution in [2.75, 3.05) is 13.7 Å². The van der Waals surface area contributed by atoms with Gasteiger partial charge in [0.1, 0.15) is 6.04 Å². The number of imidazole rings is 1. The van der Waals surface area contributed by atoms with E-state index in [1.807, 2.05) is 0 Å². The molecule has 0 aliphatic rings. The highest BCUT2D eigenvalue weighted by atomic mass is 16.5. The van der Waals surface area contributed by atoms with Gasteiger partial charge in [0.2, 0.25) is 0 Å². The van der Waals surface area contributed by atoms with Crippen molar-refractivity contribution in [2.45, 2.75) is 19.4 Å². The lowest BCUT2D eigenvalue weighted by atomic mass is 10.1. The molecule has 2 rings (SSSR count). The van der Waals surface area contributed by atoms with Crippen LogP contribution >= 0.6 is 0 Å². The number of hydrogen-bond donors (Lipinski definition) is 2. The number of amides is 1. The normalized spacial score (nSPS) is 11.2. The Hall–Kier alpha value is -3.34. The first-order chi connectivity index (χ1) is 12.1. The first kappa shape index (κ1) is 18.0. The van der Waals surface area contributed by atoms with Gasteiger partial charge < -0.3 is 19.8 Å². The monoisotopic (exact) mass is 342 g/mol. The molecule has 130 valence electrons. The van der Waals surface area contributed by atoms with Crippen molar-refractivity contribution < 1.29 is 19.1 Å². The number of aromatic amines is 1. The largest absolute Gasteiger partial charge is 0.491 e. The third kappa shape index (κ3) is 4.57. The van der Waals surface area contributed by atoms with Gasteiger partial charge in [-0.15, -0.1) is 6.42 Å². The van der Waals surface area contributed by atoms with Gasteiger partial charge in [0.15, 0.2) is 11.4 Å². The van der Waals surface area contributed by atoms with Gasteiger partial charge in [0.05, 0.1) is 25.6 Å². The second-order valence-corrected chi connectivity index (χ2v) is 4.98. The summed E-state index contributed by atoms with van der Waals surface area (Å²) in [5, 5.41) is 2.62. The minimum atomic E-state index is -0.874. The average Bonchev–Trinajstić information content (AvgIpc) is 3.13. The quantitative estimate of drug-likeness (QED) is 0.567. The molecule has 0 aliphatic carbocycles. The predicted octanol–water partition coefficient (Wildman–Crippen LogP) is 0.699. The van der Waals surface area contributed by atoms with E-state index in [9.17, 15) is 9.59 Å².